The Kier molecular flexibility index (Phi) is 1.69. The minimum absolute atomic E-state index is 0.587. The van der Waals surface area contributed by atoms with Crippen molar-refractivity contribution in [2.45, 2.75) is 0 Å². The standard InChI is InChI=1S/C8H5BrN2O/c9-8-6(5-12)7-3-1-2-4-11(7)10-8/h1-5H. The highest BCUT2D eigenvalue weighted by molar-refractivity contribution is 9.10. The molecule has 0 bridgehead atoms. The van der Waals surface area contributed by atoms with Gasteiger partial charge in [0, 0.05) is 6.20 Å². The van der Waals surface area contributed by atoms with Crippen molar-refractivity contribution < 1.29 is 4.79 Å². The molecule has 60 valence electrons. The third-order valence-electron chi connectivity index (χ3n) is 1.65. The lowest BCUT2D eigenvalue weighted by Crippen LogP contribution is -1.83. The summed E-state index contributed by atoms with van der Waals surface area (Å²) >= 11 is 3.21. The van der Waals surface area contributed by atoms with Crippen molar-refractivity contribution in [2.24, 2.45) is 0 Å². The molecule has 0 amide bonds. The second-order valence-electron chi connectivity index (χ2n) is 2.35. The van der Waals surface area contributed by atoms with Crippen LogP contribution in [0, 0.1) is 0 Å². The molecule has 0 aliphatic heterocycles. The Morgan fingerprint density at radius 1 is 1.50 bits per heavy atom. The summed E-state index contributed by atoms with van der Waals surface area (Å²) in [5.74, 6) is 0. The Morgan fingerprint density at radius 2 is 2.33 bits per heavy atom. The Bertz CT molecular complexity index is 436. The molecule has 3 nitrogen and oxygen atoms in total. The van der Waals surface area contributed by atoms with Crippen LogP contribution in [0.25, 0.3) is 5.52 Å². The molecule has 0 radical (unpaired) electrons. The summed E-state index contributed by atoms with van der Waals surface area (Å²) < 4.78 is 2.25. The van der Waals surface area contributed by atoms with Crippen molar-refractivity contribution in [1.29, 1.82) is 0 Å². The maximum absolute atomic E-state index is 10.6. The van der Waals surface area contributed by atoms with E-state index in [1.54, 1.807) is 10.7 Å². The lowest BCUT2D eigenvalue weighted by Gasteiger charge is -1.88. The summed E-state index contributed by atoms with van der Waals surface area (Å²) in [6, 6.07) is 5.58. The second kappa shape index (κ2) is 2.71. The molecule has 2 rings (SSSR count). The van der Waals surface area contributed by atoms with E-state index >= 15 is 0 Å². The van der Waals surface area contributed by atoms with Gasteiger partial charge in [0.15, 0.2) is 6.29 Å². The molecule has 2 aromatic rings. The van der Waals surface area contributed by atoms with E-state index in [1.807, 2.05) is 18.2 Å². The van der Waals surface area contributed by atoms with Crippen LogP contribution >= 0.6 is 15.9 Å². The summed E-state index contributed by atoms with van der Waals surface area (Å²) in [6.45, 7) is 0. The molecule has 2 heterocycles. The van der Waals surface area contributed by atoms with E-state index in [0.29, 0.717) is 10.2 Å². The fourth-order valence-corrected chi connectivity index (χ4v) is 1.57. The first-order chi connectivity index (χ1) is 5.83. The predicted octanol–water partition coefficient (Wildman–Crippen LogP) is 1.91. The van der Waals surface area contributed by atoms with Crippen LogP contribution in [-0.4, -0.2) is 15.9 Å². The minimum Gasteiger partial charge on any atom is -0.298 e. The number of pyridine rings is 1. The monoisotopic (exact) mass is 224 g/mol. The summed E-state index contributed by atoms with van der Waals surface area (Å²) in [6.07, 6.45) is 2.60. The topological polar surface area (TPSA) is 34.4 Å². The van der Waals surface area contributed by atoms with Gasteiger partial charge in [-0.1, -0.05) is 6.07 Å². The number of halogens is 1. The van der Waals surface area contributed by atoms with Gasteiger partial charge in [-0.05, 0) is 28.1 Å². The molecule has 0 saturated heterocycles. The molecule has 0 spiro atoms. The van der Waals surface area contributed by atoms with Gasteiger partial charge in [-0.3, -0.25) is 4.79 Å². The third kappa shape index (κ3) is 0.956. The van der Waals surface area contributed by atoms with Crippen LogP contribution in [0.1, 0.15) is 10.4 Å². The van der Waals surface area contributed by atoms with Crippen molar-refractivity contribution >= 4 is 27.7 Å². The number of carbonyl (C=O) groups is 1. The average Bonchev–Trinajstić information content (AvgIpc) is 2.40. The average molecular weight is 225 g/mol. The number of aldehydes is 1. The van der Waals surface area contributed by atoms with Gasteiger partial charge in [0.2, 0.25) is 0 Å². The van der Waals surface area contributed by atoms with E-state index < -0.39 is 0 Å². The smallest absolute Gasteiger partial charge is 0.155 e. The van der Waals surface area contributed by atoms with Crippen LogP contribution in [0.3, 0.4) is 0 Å². The van der Waals surface area contributed by atoms with E-state index in [2.05, 4.69) is 21.0 Å². The van der Waals surface area contributed by atoms with Crippen molar-refractivity contribution in [3.05, 3.63) is 34.6 Å². The minimum atomic E-state index is 0.587. The van der Waals surface area contributed by atoms with Gasteiger partial charge in [0.25, 0.3) is 0 Å². The SMILES string of the molecule is O=Cc1c(Br)nn2ccccc12. The molecule has 0 N–H and O–H groups in total. The highest BCUT2D eigenvalue weighted by Gasteiger charge is 2.07. The molecule has 2 aromatic heterocycles. The largest absolute Gasteiger partial charge is 0.298 e. The van der Waals surface area contributed by atoms with E-state index in [-0.39, 0.29) is 0 Å². The highest BCUT2D eigenvalue weighted by Crippen LogP contribution is 2.17. The summed E-state index contributed by atoms with van der Waals surface area (Å²) in [5, 5.41) is 4.09. The molecule has 4 heteroatoms. The third-order valence-corrected chi connectivity index (χ3v) is 2.24. The number of aromatic nitrogens is 2. The number of hydrogen-bond acceptors (Lipinski definition) is 2. The van der Waals surface area contributed by atoms with Crippen LogP contribution in [0.4, 0.5) is 0 Å². The fraction of sp³-hybridized carbons (Fsp3) is 0. The Labute approximate surface area is 77.1 Å². The molecular formula is C8H5BrN2O. The molecular weight excluding hydrogens is 220 g/mol. The van der Waals surface area contributed by atoms with Crippen LogP contribution in [0.2, 0.25) is 0 Å². The van der Waals surface area contributed by atoms with Gasteiger partial charge in [-0.15, -0.1) is 0 Å². The van der Waals surface area contributed by atoms with E-state index in [0.717, 1.165) is 11.8 Å². The van der Waals surface area contributed by atoms with Gasteiger partial charge < -0.3 is 0 Å². The van der Waals surface area contributed by atoms with Gasteiger partial charge in [-0.25, -0.2) is 4.52 Å². The maximum atomic E-state index is 10.6. The van der Waals surface area contributed by atoms with Crippen molar-refractivity contribution in [3.8, 4) is 0 Å². The van der Waals surface area contributed by atoms with Crippen molar-refractivity contribution in [1.82, 2.24) is 9.61 Å². The fourth-order valence-electron chi connectivity index (χ4n) is 1.10. The van der Waals surface area contributed by atoms with E-state index in [1.165, 1.54) is 0 Å². The first-order valence-corrected chi connectivity index (χ1v) is 4.20. The molecule has 0 aromatic carbocycles. The van der Waals surface area contributed by atoms with Crippen LogP contribution in [0.5, 0.6) is 0 Å². The lowest BCUT2D eigenvalue weighted by atomic mass is 10.3. The second-order valence-corrected chi connectivity index (χ2v) is 3.10. The zero-order chi connectivity index (χ0) is 8.55. The van der Waals surface area contributed by atoms with Gasteiger partial charge in [-0.2, -0.15) is 5.10 Å². The summed E-state index contributed by atoms with van der Waals surface area (Å²) in [4.78, 5) is 10.6. The number of hydrogen-bond donors (Lipinski definition) is 0. The number of fused-ring (bicyclic) bond motifs is 1. The van der Waals surface area contributed by atoms with Crippen molar-refractivity contribution in [2.75, 3.05) is 0 Å². The summed E-state index contributed by atoms with van der Waals surface area (Å²) in [5.41, 5.74) is 1.41. The number of rotatable bonds is 1. The van der Waals surface area contributed by atoms with Crippen molar-refractivity contribution in [3.63, 3.8) is 0 Å². The Hall–Kier alpha value is -1.16. The zero-order valence-electron chi connectivity index (χ0n) is 6.07. The number of nitrogens with zero attached hydrogens (tertiary/aromatic N) is 2. The molecule has 0 aliphatic rings. The molecule has 0 aliphatic carbocycles. The summed E-state index contributed by atoms with van der Waals surface area (Å²) in [7, 11) is 0. The van der Waals surface area contributed by atoms with E-state index in [9.17, 15) is 4.79 Å². The molecule has 0 atom stereocenters. The van der Waals surface area contributed by atoms with Crippen LogP contribution in [0.15, 0.2) is 29.0 Å². The van der Waals surface area contributed by atoms with Gasteiger partial charge in [0.1, 0.15) is 4.60 Å². The van der Waals surface area contributed by atoms with Gasteiger partial charge >= 0.3 is 0 Å². The van der Waals surface area contributed by atoms with Crippen LogP contribution < -0.4 is 0 Å². The zero-order valence-corrected chi connectivity index (χ0v) is 7.65. The first-order valence-electron chi connectivity index (χ1n) is 3.41. The molecule has 0 saturated carbocycles. The van der Waals surface area contributed by atoms with Gasteiger partial charge in [0.05, 0.1) is 11.1 Å². The highest BCUT2D eigenvalue weighted by atomic mass is 79.9. The normalized spacial score (nSPS) is 10.4. The number of carbonyl (C=O) groups excluding carboxylic acids is 1. The quantitative estimate of drug-likeness (QED) is 0.694. The Balaban J connectivity index is 2.90. The lowest BCUT2D eigenvalue weighted by molar-refractivity contribution is 0.112. The first kappa shape index (κ1) is 7.49. The molecule has 0 unspecified atom stereocenters. The molecule has 0 fully saturated rings. The maximum Gasteiger partial charge on any atom is 0.155 e. The molecule has 12 heavy (non-hydrogen) atoms. The predicted molar refractivity (Wildman–Crippen MR) is 48.3 cm³/mol. The van der Waals surface area contributed by atoms with Crippen LogP contribution in [-0.2, 0) is 0 Å². The van der Waals surface area contributed by atoms with E-state index in [4.69, 9.17) is 0 Å². The Morgan fingerprint density at radius 3 is 3.08 bits per heavy atom.